The molecule has 1 aromatic heterocycles. The molecule has 0 aromatic carbocycles. The maximum Gasteiger partial charge on any atom is 0.225 e. The van der Waals surface area contributed by atoms with E-state index in [1.54, 1.807) is 6.20 Å². The maximum atomic E-state index is 5.67. The number of rotatable bonds is 5. The van der Waals surface area contributed by atoms with Crippen molar-refractivity contribution in [2.75, 3.05) is 27.2 Å². The predicted octanol–water partition coefficient (Wildman–Crippen LogP) is 1.77. The fourth-order valence-electron chi connectivity index (χ4n) is 1.10. The third-order valence-corrected chi connectivity index (χ3v) is 2.07. The van der Waals surface area contributed by atoms with Crippen molar-refractivity contribution >= 4 is 11.6 Å². The Kier molecular flexibility index (Phi) is 4.78. The van der Waals surface area contributed by atoms with Crippen LogP contribution >= 0.6 is 11.6 Å². The summed E-state index contributed by atoms with van der Waals surface area (Å²) in [6.45, 7) is 3.54. The van der Waals surface area contributed by atoms with Crippen LogP contribution in [0.25, 0.3) is 0 Å². The van der Waals surface area contributed by atoms with E-state index in [9.17, 15) is 0 Å². The lowest BCUT2D eigenvalue weighted by Crippen LogP contribution is -2.16. The van der Waals surface area contributed by atoms with Gasteiger partial charge in [0.05, 0.1) is 6.61 Å². The topological polar surface area (TPSA) is 38.3 Å². The molecule has 0 atom stereocenters. The van der Waals surface area contributed by atoms with Gasteiger partial charge in [0.1, 0.15) is 0 Å². The zero-order chi connectivity index (χ0) is 11.3. The fourth-order valence-corrected chi connectivity index (χ4v) is 1.23. The van der Waals surface area contributed by atoms with Gasteiger partial charge in [-0.25, -0.2) is 4.98 Å². The van der Waals surface area contributed by atoms with Crippen LogP contribution in [0.15, 0.2) is 6.20 Å². The monoisotopic (exact) mass is 229 g/mol. The molecule has 0 saturated heterocycles. The van der Waals surface area contributed by atoms with Crippen molar-refractivity contribution in [1.82, 2.24) is 14.9 Å². The van der Waals surface area contributed by atoms with E-state index >= 15 is 0 Å². The second-order valence-electron chi connectivity index (χ2n) is 3.63. The highest BCUT2D eigenvalue weighted by atomic mass is 35.5. The van der Waals surface area contributed by atoms with Gasteiger partial charge in [0.15, 0.2) is 0 Å². The van der Waals surface area contributed by atoms with Gasteiger partial charge in [-0.3, -0.25) is 0 Å². The number of aromatic nitrogens is 2. The first-order chi connectivity index (χ1) is 7.09. The van der Waals surface area contributed by atoms with Crippen molar-refractivity contribution in [2.24, 2.45) is 0 Å². The Labute approximate surface area is 95.2 Å². The molecule has 0 aliphatic carbocycles. The van der Waals surface area contributed by atoms with E-state index in [0.717, 1.165) is 18.5 Å². The van der Waals surface area contributed by atoms with Gasteiger partial charge in [-0.15, -0.1) is 0 Å². The molecular weight excluding hydrogens is 214 g/mol. The molecule has 1 rings (SSSR count). The smallest absolute Gasteiger partial charge is 0.225 e. The molecule has 4 nitrogen and oxygen atoms in total. The molecule has 84 valence electrons. The summed E-state index contributed by atoms with van der Waals surface area (Å²) in [5.41, 5.74) is 0.907. The van der Waals surface area contributed by atoms with Gasteiger partial charge in [0, 0.05) is 18.3 Å². The standard InChI is InChI=1S/C10H16ClN3O/c1-8-7-12-10(11)13-9(8)15-6-4-5-14(2)3/h7H,4-6H2,1-3H3. The SMILES string of the molecule is Cc1cnc(Cl)nc1OCCCN(C)C. The normalized spacial score (nSPS) is 10.7. The van der Waals surface area contributed by atoms with Crippen LogP contribution in [0.4, 0.5) is 0 Å². The zero-order valence-corrected chi connectivity index (χ0v) is 10.1. The van der Waals surface area contributed by atoms with E-state index in [2.05, 4.69) is 14.9 Å². The van der Waals surface area contributed by atoms with Gasteiger partial charge >= 0.3 is 0 Å². The second-order valence-corrected chi connectivity index (χ2v) is 3.97. The second kappa shape index (κ2) is 5.88. The van der Waals surface area contributed by atoms with E-state index in [4.69, 9.17) is 16.3 Å². The average molecular weight is 230 g/mol. The highest BCUT2D eigenvalue weighted by Gasteiger charge is 2.03. The molecule has 0 fully saturated rings. The maximum absolute atomic E-state index is 5.67. The molecule has 0 saturated carbocycles. The van der Waals surface area contributed by atoms with E-state index in [-0.39, 0.29) is 5.28 Å². The summed E-state index contributed by atoms with van der Waals surface area (Å²) in [6.07, 6.45) is 2.63. The molecule has 0 radical (unpaired) electrons. The number of aryl methyl sites for hydroxylation is 1. The van der Waals surface area contributed by atoms with Crippen LogP contribution in [-0.4, -0.2) is 42.1 Å². The third kappa shape index (κ3) is 4.44. The van der Waals surface area contributed by atoms with E-state index in [1.807, 2.05) is 21.0 Å². The van der Waals surface area contributed by atoms with Crippen molar-refractivity contribution in [3.05, 3.63) is 17.0 Å². The summed E-state index contributed by atoms with van der Waals surface area (Å²) < 4.78 is 5.51. The minimum Gasteiger partial charge on any atom is -0.477 e. The van der Waals surface area contributed by atoms with Crippen LogP contribution in [0.5, 0.6) is 5.88 Å². The highest BCUT2D eigenvalue weighted by molar-refractivity contribution is 6.28. The lowest BCUT2D eigenvalue weighted by Gasteiger charge is -2.10. The summed E-state index contributed by atoms with van der Waals surface area (Å²) in [5.74, 6) is 0.578. The highest BCUT2D eigenvalue weighted by Crippen LogP contribution is 2.15. The number of hydrogen-bond acceptors (Lipinski definition) is 4. The number of nitrogens with zero attached hydrogens (tertiary/aromatic N) is 3. The van der Waals surface area contributed by atoms with Gasteiger partial charge in [0.25, 0.3) is 0 Å². The number of hydrogen-bond donors (Lipinski definition) is 0. The Morgan fingerprint density at radius 1 is 1.47 bits per heavy atom. The number of halogens is 1. The van der Waals surface area contributed by atoms with E-state index < -0.39 is 0 Å². The summed E-state index contributed by atoms with van der Waals surface area (Å²) >= 11 is 5.67. The summed E-state index contributed by atoms with van der Waals surface area (Å²) in [7, 11) is 4.07. The van der Waals surface area contributed by atoms with Crippen molar-refractivity contribution in [1.29, 1.82) is 0 Å². The minimum atomic E-state index is 0.225. The first kappa shape index (κ1) is 12.2. The molecule has 1 aromatic rings. The van der Waals surface area contributed by atoms with Gasteiger partial charge < -0.3 is 9.64 Å². The molecule has 0 bridgehead atoms. The largest absolute Gasteiger partial charge is 0.477 e. The van der Waals surface area contributed by atoms with Crippen LogP contribution in [0, 0.1) is 6.92 Å². The molecule has 0 amide bonds. The summed E-state index contributed by atoms with van der Waals surface area (Å²) in [5, 5.41) is 0.225. The Hall–Kier alpha value is -0.870. The molecule has 0 aliphatic rings. The van der Waals surface area contributed by atoms with Crippen LogP contribution in [-0.2, 0) is 0 Å². The van der Waals surface area contributed by atoms with Gasteiger partial charge in [-0.05, 0) is 39.0 Å². The van der Waals surface area contributed by atoms with Crippen molar-refractivity contribution in [3.8, 4) is 5.88 Å². The molecule has 15 heavy (non-hydrogen) atoms. The van der Waals surface area contributed by atoms with E-state index in [1.165, 1.54) is 0 Å². The third-order valence-electron chi connectivity index (χ3n) is 1.88. The van der Waals surface area contributed by atoms with Gasteiger partial charge in [-0.2, -0.15) is 4.98 Å². The van der Waals surface area contributed by atoms with Gasteiger partial charge in [-0.1, -0.05) is 0 Å². The molecule has 5 heteroatoms. The lowest BCUT2D eigenvalue weighted by atomic mass is 10.4. The first-order valence-electron chi connectivity index (χ1n) is 4.86. The number of ether oxygens (including phenoxy) is 1. The van der Waals surface area contributed by atoms with Crippen molar-refractivity contribution < 1.29 is 4.74 Å². The van der Waals surface area contributed by atoms with Crippen LogP contribution < -0.4 is 4.74 Å². The summed E-state index contributed by atoms with van der Waals surface area (Å²) in [4.78, 5) is 9.98. The lowest BCUT2D eigenvalue weighted by molar-refractivity contribution is 0.271. The summed E-state index contributed by atoms with van der Waals surface area (Å²) in [6, 6.07) is 0. The molecular formula is C10H16ClN3O. The molecule has 0 N–H and O–H groups in total. The van der Waals surface area contributed by atoms with Crippen molar-refractivity contribution in [2.45, 2.75) is 13.3 Å². The molecule has 0 spiro atoms. The fraction of sp³-hybridized carbons (Fsp3) is 0.600. The Morgan fingerprint density at radius 2 is 2.20 bits per heavy atom. The Bertz CT molecular complexity index is 318. The molecule has 0 aliphatic heterocycles. The predicted molar refractivity (Wildman–Crippen MR) is 60.4 cm³/mol. The quantitative estimate of drug-likeness (QED) is 0.570. The Balaban J connectivity index is 2.40. The molecule has 1 heterocycles. The molecule has 0 unspecified atom stereocenters. The van der Waals surface area contributed by atoms with E-state index in [0.29, 0.717) is 12.5 Å². The average Bonchev–Trinajstić information content (AvgIpc) is 2.17. The van der Waals surface area contributed by atoms with Crippen molar-refractivity contribution in [3.63, 3.8) is 0 Å². The Morgan fingerprint density at radius 3 is 2.87 bits per heavy atom. The van der Waals surface area contributed by atoms with Crippen LogP contribution in [0.1, 0.15) is 12.0 Å². The zero-order valence-electron chi connectivity index (χ0n) is 9.33. The van der Waals surface area contributed by atoms with Crippen LogP contribution in [0.3, 0.4) is 0 Å². The minimum absolute atomic E-state index is 0.225. The first-order valence-corrected chi connectivity index (χ1v) is 5.24. The van der Waals surface area contributed by atoms with Crippen LogP contribution in [0.2, 0.25) is 5.28 Å². The van der Waals surface area contributed by atoms with Gasteiger partial charge in [0.2, 0.25) is 11.2 Å².